The minimum Gasteiger partial charge on any atom is -0.387 e. The predicted molar refractivity (Wildman–Crippen MR) is 113 cm³/mol. The molecule has 7 heteroatoms. The van der Waals surface area contributed by atoms with E-state index in [1.165, 1.54) is 25.7 Å². The van der Waals surface area contributed by atoms with Gasteiger partial charge in [0.2, 0.25) is 5.95 Å². The van der Waals surface area contributed by atoms with Crippen molar-refractivity contribution >= 4 is 33.5 Å². The maximum atomic E-state index is 10.5. The van der Waals surface area contributed by atoms with E-state index in [0.29, 0.717) is 6.54 Å². The first-order chi connectivity index (χ1) is 13.2. The predicted octanol–water partition coefficient (Wildman–Crippen LogP) is 3.59. The van der Waals surface area contributed by atoms with Gasteiger partial charge in [-0.2, -0.15) is 9.97 Å². The molecule has 0 aliphatic carbocycles. The quantitative estimate of drug-likeness (QED) is 0.728. The van der Waals surface area contributed by atoms with Crippen molar-refractivity contribution < 1.29 is 5.11 Å². The van der Waals surface area contributed by atoms with Gasteiger partial charge in [-0.05, 0) is 43.4 Å². The summed E-state index contributed by atoms with van der Waals surface area (Å²) >= 11 is 3.43. The standard InChI is InChI=1S/C20H26BrN5O/c21-16-7-5-15(6-8-16)17(27)14-22-18-13-19(25-9-1-2-10-25)24-20(23-18)26-11-3-4-12-26/h5-8,13,17,27H,1-4,9-12,14H2,(H,22,23,24). The molecule has 1 unspecified atom stereocenters. The van der Waals surface area contributed by atoms with E-state index in [1.807, 2.05) is 30.3 Å². The van der Waals surface area contributed by atoms with E-state index < -0.39 is 6.10 Å². The zero-order valence-electron chi connectivity index (χ0n) is 15.4. The Morgan fingerprint density at radius 2 is 1.59 bits per heavy atom. The molecule has 1 aromatic carbocycles. The van der Waals surface area contributed by atoms with E-state index in [9.17, 15) is 5.11 Å². The average Bonchev–Trinajstić information content (AvgIpc) is 3.40. The van der Waals surface area contributed by atoms with Gasteiger partial charge in [-0.15, -0.1) is 0 Å². The van der Waals surface area contributed by atoms with Crippen LogP contribution in [0.1, 0.15) is 37.4 Å². The molecule has 2 aliphatic heterocycles. The Labute approximate surface area is 168 Å². The Morgan fingerprint density at radius 3 is 2.26 bits per heavy atom. The van der Waals surface area contributed by atoms with Crippen LogP contribution in [0, 0.1) is 0 Å². The molecule has 144 valence electrons. The van der Waals surface area contributed by atoms with Crippen LogP contribution in [0.25, 0.3) is 0 Å². The van der Waals surface area contributed by atoms with E-state index in [2.05, 4.69) is 31.0 Å². The van der Waals surface area contributed by atoms with E-state index in [-0.39, 0.29) is 0 Å². The highest BCUT2D eigenvalue weighted by Crippen LogP contribution is 2.26. The fourth-order valence-corrected chi connectivity index (χ4v) is 3.95. The maximum Gasteiger partial charge on any atom is 0.229 e. The number of nitrogens with one attached hydrogen (secondary N) is 1. The van der Waals surface area contributed by atoms with Gasteiger partial charge in [0, 0.05) is 43.3 Å². The van der Waals surface area contributed by atoms with Gasteiger partial charge < -0.3 is 20.2 Å². The van der Waals surface area contributed by atoms with Gasteiger partial charge in [-0.25, -0.2) is 0 Å². The average molecular weight is 432 g/mol. The zero-order valence-corrected chi connectivity index (χ0v) is 17.0. The van der Waals surface area contributed by atoms with Crippen LogP contribution in [-0.4, -0.2) is 47.8 Å². The number of aliphatic hydroxyl groups excluding tert-OH is 1. The fourth-order valence-electron chi connectivity index (χ4n) is 3.68. The van der Waals surface area contributed by atoms with Gasteiger partial charge >= 0.3 is 0 Å². The van der Waals surface area contributed by atoms with Crippen molar-refractivity contribution in [1.29, 1.82) is 0 Å². The number of aliphatic hydroxyl groups is 1. The molecule has 1 aromatic heterocycles. The van der Waals surface area contributed by atoms with Crippen LogP contribution in [0.15, 0.2) is 34.8 Å². The minimum atomic E-state index is -0.585. The fraction of sp³-hybridized carbons (Fsp3) is 0.500. The van der Waals surface area contributed by atoms with Gasteiger partial charge in [0.1, 0.15) is 11.6 Å². The number of halogens is 1. The first kappa shape index (κ1) is 18.5. The molecule has 0 saturated carbocycles. The SMILES string of the molecule is OC(CNc1cc(N2CCCC2)nc(N2CCCC2)n1)c1ccc(Br)cc1. The Kier molecular flexibility index (Phi) is 5.78. The van der Waals surface area contributed by atoms with Crippen LogP contribution in [0.4, 0.5) is 17.6 Å². The highest BCUT2D eigenvalue weighted by molar-refractivity contribution is 9.10. The largest absolute Gasteiger partial charge is 0.387 e. The minimum absolute atomic E-state index is 0.414. The monoisotopic (exact) mass is 431 g/mol. The summed E-state index contributed by atoms with van der Waals surface area (Å²) in [7, 11) is 0. The van der Waals surface area contributed by atoms with Crippen molar-refractivity contribution in [3.8, 4) is 0 Å². The second kappa shape index (κ2) is 8.44. The number of nitrogens with zero attached hydrogens (tertiary/aromatic N) is 4. The summed E-state index contributed by atoms with van der Waals surface area (Å²) in [6, 6.07) is 9.77. The molecule has 1 atom stereocenters. The molecule has 3 heterocycles. The van der Waals surface area contributed by atoms with Gasteiger partial charge in [-0.1, -0.05) is 28.1 Å². The van der Waals surface area contributed by atoms with Crippen molar-refractivity contribution in [2.75, 3.05) is 47.8 Å². The molecular weight excluding hydrogens is 406 g/mol. The lowest BCUT2D eigenvalue weighted by molar-refractivity contribution is 0.191. The van der Waals surface area contributed by atoms with Crippen molar-refractivity contribution in [3.63, 3.8) is 0 Å². The topological polar surface area (TPSA) is 64.5 Å². The smallest absolute Gasteiger partial charge is 0.229 e. The lowest BCUT2D eigenvalue weighted by Gasteiger charge is -2.22. The molecule has 27 heavy (non-hydrogen) atoms. The van der Waals surface area contributed by atoms with Crippen molar-refractivity contribution in [3.05, 3.63) is 40.4 Å². The number of benzene rings is 1. The molecule has 0 amide bonds. The molecule has 2 fully saturated rings. The summed E-state index contributed by atoms with van der Waals surface area (Å²) in [5.41, 5.74) is 0.888. The molecule has 0 radical (unpaired) electrons. The van der Waals surface area contributed by atoms with E-state index in [1.54, 1.807) is 0 Å². The molecule has 2 aliphatic rings. The summed E-state index contributed by atoms with van der Waals surface area (Å²) in [5, 5.41) is 13.8. The third-order valence-corrected chi connectivity index (χ3v) is 5.78. The van der Waals surface area contributed by atoms with Gasteiger partial charge in [0.05, 0.1) is 6.10 Å². The number of anilines is 3. The second-order valence-corrected chi connectivity index (χ2v) is 8.16. The number of hydrogen-bond donors (Lipinski definition) is 2. The Morgan fingerprint density at radius 1 is 0.963 bits per heavy atom. The van der Waals surface area contributed by atoms with Crippen LogP contribution < -0.4 is 15.1 Å². The van der Waals surface area contributed by atoms with Crippen LogP contribution in [-0.2, 0) is 0 Å². The van der Waals surface area contributed by atoms with Crippen molar-refractivity contribution in [1.82, 2.24) is 9.97 Å². The molecule has 4 rings (SSSR count). The zero-order chi connectivity index (χ0) is 18.6. The summed E-state index contributed by atoms with van der Waals surface area (Å²) in [6.45, 7) is 4.56. The Bertz CT molecular complexity index is 723. The van der Waals surface area contributed by atoms with Crippen LogP contribution >= 0.6 is 15.9 Å². The highest BCUT2D eigenvalue weighted by atomic mass is 79.9. The molecule has 0 spiro atoms. The Hall–Kier alpha value is -1.86. The number of hydrogen-bond acceptors (Lipinski definition) is 6. The van der Waals surface area contributed by atoms with E-state index >= 15 is 0 Å². The summed E-state index contributed by atoms with van der Waals surface area (Å²) in [4.78, 5) is 14.1. The normalized spacial score (nSPS) is 18.1. The van der Waals surface area contributed by atoms with Crippen molar-refractivity contribution in [2.24, 2.45) is 0 Å². The Balaban J connectivity index is 1.50. The summed E-state index contributed by atoms with van der Waals surface area (Å²) < 4.78 is 1.01. The molecule has 2 saturated heterocycles. The van der Waals surface area contributed by atoms with Crippen LogP contribution in [0.5, 0.6) is 0 Å². The molecule has 0 bridgehead atoms. The number of aromatic nitrogens is 2. The van der Waals surface area contributed by atoms with Gasteiger partial charge in [-0.3, -0.25) is 0 Å². The van der Waals surface area contributed by atoms with E-state index in [0.717, 1.165) is 53.8 Å². The maximum absolute atomic E-state index is 10.5. The molecule has 2 N–H and O–H groups in total. The van der Waals surface area contributed by atoms with Crippen LogP contribution in [0.2, 0.25) is 0 Å². The summed E-state index contributed by atoms with van der Waals surface area (Å²) in [6.07, 6.45) is 4.24. The lowest BCUT2D eigenvalue weighted by Crippen LogP contribution is -2.25. The van der Waals surface area contributed by atoms with E-state index in [4.69, 9.17) is 9.97 Å². The third-order valence-electron chi connectivity index (χ3n) is 5.25. The van der Waals surface area contributed by atoms with Crippen LogP contribution in [0.3, 0.4) is 0 Å². The second-order valence-electron chi connectivity index (χ2n) is 7.25. The first-order valence-electron chi connectivity index (χ1n) is 9.75. The third kappa shape index (κ3) is 4.52. The first-order valence-corrected chi connectivity index (χ1v) is 10.5. The summed E-state index contributed by atoms with van der Waals surface area (Å²) in [5.74, 6) is 2.58. The van der Waals surface area contributed by atoms with Gasteiger partial charge in [0.25, 0.3) is 0 Å². The molecule has 6 nitrogen and oxygen atoms in total. The van der Waals surface area contributed by atoms with Gasteiger partial charge in [0.15, 0.2) is 0 Å². The molecular formula is C20H26BrN5O. The highest BCUT2D eigenvalue weighted by Gasteiger charge is 2.20. The lowest BCUT2D eigenvalue weighted by atomic mass is 10.1. The number of rotatable bonds is 6. The molecule has 2 aromatic rings. The van der Waals surface area contributed by atoms with Crippen molar-refractivity contribution in [2.45, 2.75) is 31.8 Å².